The minimum Gasteiger partial charge on any atom is -0.456 e. The summed E-state index contributed by atoms with van der Waals surface area (Å²) in [5.74, 6) is -0.499. The van der Waals surface area contributed by atoms with E-state index in [0.717, 1.165) is 89.9 Å². The number of ether oxygens (including phenoxy) is 1. The zero-order chi connectivity index (χ0) is 58.6. The Bertz CT molecular complexity index is 1600. The molecule has 2 N–H and O–H groups in total. The molecule has 0 aromatic carbocycles. The van der Waals surface area contributed by atoms with Crippen LogP contribution in [0.4, 0.5) is 0 Å². The second-order valence-electron chi connectivity index (χ2n) is 24.0. The first-order valence-electron chi connectivity index (χ1n) is 33.8. The number of likely N-dealkylation sites (N-methyl/N-ethyl adjacent to an activating group) is 1. The van der Waals surface area contributed by atoms with E-state index in [1.807, 2.05) is 33.3 Å². The third-order valence-electron chi connectivity index (χ3n) is 14.9. The predicted octanol–water partition coefficient (Wildman–Crippen LogP) is 21.2. The summed E-state index contributed by atoms with van der Waals surface area (Å²) in [6.07, 6.45) is 77.6. The molecule has 0 aliphatic carbocycles. The number of phosphoric ester groups is 1. The fraction of sp³-hybridized carbons (Fsp3) is 0.800. The van der Waals surface area contributed by atoms with Crippen molar-refractivity contribution in [2.75, 3.05) is 40.9 Å². The quantitative estimate of drug-likeness (QED) is 0.0205. The Hall–Kier alpha value is -2.55. The minimum absolute atomic E-state index is 0.0398. The number of esters is 1. The molecule has 0 saturated carbocycles. The predicted molar refractivity (Wildman–Crippen MR) is 346 cm³/mol. The van der Waals surface area contributed by atoms with Crippen molar-refractivity contribution in [3.05, 3.63) is 72.9 Å². The lowest BCUT2D eigenvalue weighted by molar-refractivity contribution is -0.870. The summed E-state index contributed by atoms with van der Waals surface area (Å²) in [4.78, 5) is 37.8. The molecule has 0 rings (SSSR count). The Labute approximate surface area is 495 Å². The number of nitrogens with one attached hydrogen (secondary N) is 1. The van der Waals surface area contributed by atoms with E-state index in [4.69, 9.17) is 13.8 Å². The van der Waals surface area contributed by atoms with E-state index in [0.29, 0.717) is 17.4 Å². The third-order valence-corrected chi connectivity index (χ3v) is 15.9. The van der Waals surface area contributed by atoms with Crippen molar-refractivity contribution in [1.82, 2.24) is 5.32 Å². The van der Waals surface area contributed by atoms with Gasteiger partial charge in [0, 0.05) is 12.8 Å². The second kappa shape index (κ2) is 59.6. The molecule has 80 heavy (non-hydrogen) atoms. The van der Waals surface area contributed by atoms with Crippen molar-refractivity contribution in [3.8, 4) is 0 Å². The van der Waals surface area contributed by atoms with E-state index in [1.54, 1.807) is 0 Å². The number of unbranched alkanes of at least 4 members (excludes halogenated alkanes) is 35. The Kier molecular flexibility index (Phi) is 57.7. The van der Waals surface area contributed by atoms with Gasteiger partial charge in [-0.3, -0.25) is 18.6 Å². The molecule has 0 aliphatic heterocycles. The first kappa shape index (κ1) is 77.5. The van der Waals surface area contributed by atoms with Crippen molar-refractivity contribution in [2.24, 2.45) is 0 Å². The molecular weight excluding hydrogens is 1010 g/mol. The summed E-state index contributed by atoms with van der Waals surface area (Å²) < 4.78 is 30.8. The number of carbonyl (C=O) groups is 2. The van der Waals surface area contributed by atoms with E-state index in [-0.39, 0.29) is 31.5 Å². The van der Waals surface area contributed by atoms with Gasteiger partial charge >= 0.3 is 13.8 Å². The first-order chi connectivity index (χ1) is 38.9. The molecule has 0 heterocycles. The number of nitrogens with zero attached hydrogens (tertiary/aromatic N) is 1. The summed E-state index contributed by atoms with van der Waals surface area (Å²) in [7, 11) is 1.50. The zero-order valence-corrected chi connectivity index (χ0v) is 54.2. The molecule has 3 atom stereocenters. The van der Waals surface area contributed by atoms with Crippen LogP contribution in [0.15, 0.2) is 72.9 Å². The Morgan fingerprint density at radius 2 is 0.800 bits per heavy atom. The van der Waals surface area contributed by atoms with Gasteiger partial charge in [0.25, 0.3) is 0 Å². The molecule has 9 nitrogen and oxygen atoms in total. The second-order valence-corrected chi connectivity index (χ2v) is 25.4. The summed E-state index contributed by atoms with van der Waals surface area (Å²) >= 11 is 0. The maximum atomic E-state index is 13.6. The van der Waals surface area contributed by atoms with Gasteiger partial charge in [-0.1, -0.05) is 293 Å². The van der Waals surface area contributed by atoms with Gasteiger partial charge < -0.3 is 19.4 Å². The number of quaternary nitrogens is 1. The van der Waals surface area contributed by atoms with Crippen LogP contribution in [0.5, 0.6) is 0 Å². The largest absolute Gasteiger partial charge is 0.472 e. The van der Waals surface area contributed by atoms with Crippen LogP contribution in [0.3, 0.4) is 0 Å². The summed E-state index contributed by atoms with van der Waals surface area (Å²) in [6.45, 7) is 6.93. The van der Waals surface area contributed by atoms with Crippen LogP contribution in [-0.4, -0.2) is 74.3 Å². The van der Waals surface area contributed by atoms with Crippen LogP contribution in [-0.2, 0) is 27.9 Å². The summed E-state index contributed by atoms with van der Waals surface area (Å²) in [5, 5.41) is 3.06. The monoisotopic (exact) mass is 1140 g/mol. The number of hydrogen-bond acceptors (Lipinski definition) is 6. The lowest BCUT2D eigenvalue weighted by Crippen LogP contribution is -2.47. The zero-order valence-electron chi connectivity index (χ0n) is 53.3. The Balaban J connectivity index is 5.06. The molecule has 10 heteroatoms. The average Bonchev–Trinajstić information content (AvgIpc) is 3.43. The van der Waals surface area contributed by atoms with Crippen molar-refractivity contribution < 1.29 is 37.3 Å². The van der Waals surface area contributed by atoms with Gasteiger partial charge in [-0.05, 0) is 76.7 Å². The van der Waals surface area contributed by atoms with E-state index in [2.05, 4.69) is 86.8 Å². The van der Waals surface area contributed by atoms with Gasteiger partial charge in [-0.15, -0.1) is 0 Å². The Morgan fingerprint density at radius 1 is 0.450 bits per heavy atom. The molecule has 0 aromatic rings. The molecule has 0 saturated heterocycles. The minimum atomic E-state index is -4.45. The van der Waals surface area contributed by atoms with E-state index in [9.17, 15) is 19.0 Å². The van der Waals surface area contributed by atoms with Crippen molar-refractivity contribution in [3.63, 3.8) is 0 Å². The van der Waals surface area contributed by atoms with Gasteiger partial charge in [0.1, 0.15) is 19.3 Å². The van der Waals surface area contributed by atoms with Gasteiger partial charge in [-0.25, -0.2) is 4.57 Å². The molecule has 0 radical (unpaired) electrons. The topological polar surface area (TPSA) is 111 Å². The van der Waals surface area contributed by atoms with Crippen LogP contribution in [0.25, 0.3) is 0 Å². The number of rotatable bonds is 61. The molecule has 1 amide bonds. The van der Waals surface area contributed by atoms with E-state index in [1.165, 1.54) is 186 Å². The fourth-order valence-electron chi connectivity index (χ4n) is 9.73. The number of hydrogen-bond donors (Lipinski definition) is 2. The molecular formula is C70H130N2O7P+. The SMILES string of the molecule is CC/C=C\C/C=C\C/C=C\C/C=C\C/C=C\CCCCCCCCCCCCCC(=O)OC(/C=C\CCCCCCCCCCCC)C(COP(=O)(O)OCC[N+](C)(C)C)NC(=O)CCCCCCCCCCCCCCCCC. The number of allylic oxidation sites excluding steroid dienone is 11. The van der Waals surface area contributed by atoms with Crippen molar-refractivity contribution in [2.45, 2.75) is 322 Å². The van der Waals surface area contributed by atoms with Crippen molar-refractivity contribution in [1.29, 1.82) is 0 Å². The lowest BCUT2D eigenvalue weighted by Gasteiger charge is -2.27. The maximum Gasteiger partial charge on any atom is 0.472 e. The number of phosphoric acid groups is 1. The highest BCUT2D eigenvalue weighted by molar-refractivity contribution is 7.47. The maximum absolute atomic E-state index is 13.6. The lowest BCUT2D eigenvalue weighted by atomic mass is 10.0. The van der Waals surface area contributed by atoms with E-state index < -0.39 is 20.0 Å². The fourth-order valence-corrected chi connectivity index (χ4v) is 10.5. The van der Waals surface area contributed by atoms with Gasteiger partial charge in [0.15, 0.2) is 0 Å². The van der Waals surface area contributed by atoms with Crippen LogP contribution >= 0.6 is 7.82 Å². The molecule has 466 valence electrons. The molecule has 0 aromatic heterocycles. The highest BCUT2D eigenvalue weighted by Gasteiger charge is 2.30. The van der Waals surface area contributed by atoms with Gasteiger partial charge in [0.05, 0.1) is 33.8 Å². The Morgan fingerprint density at radius 3 is 1.20 bits per heavy atom. The highest BCUT2D eigenvalue weighted by Crippen LogP contribution is 2.43. The standard InChI is InChI=1S/C70H129N2O7P/c1-7-10-13-16-19-22-25-28-30-31-32-33-34-35-36-37-38-39-40-41-43-45-48-51-54-57-60-63-70(74)79-68(61-58-55-52-49-46-27-24-21-18-15-12-9-3)67(66-78-80(75,76)77-65-64-72(4,5)6)71-69(73)62-59-56-53-50-47-44-42-29-26-23-20-17-14-11-8-2/h10,13,19,22,28,30,32-33,35-36,58,61,67-68H,7-9,11-12,14-18,20-21,23-27,29,31,34,37-57,59-60,62-66H2,1-6H3,(H-,71,73,75,76)/p+1/b13-10-,22-19-,30-28-,33-32-,36-35-,61-58-. The molecule has 3 unspecified atom stereocenters. The number of carbonyl (C=O) groups excluding carboxylic acids is 2. The normalized spacial score (nSPS) is 14.0. The van der Waals surface area contributed by atoms with E-state index >= 15 is 0 Å². The molecule has 0 spiro atoms. The van der Waals surface area contributed by atoms with Crippen LogP contribution in [0, 0.1) is 0 Å². The average molecular weight is 1140 g/mol. The van der Waals surface area contributed by atoms with Crippen molar-refractivity contribution >= 4 is 19.7 Å². The smallest absolute Gasteiger partial charge is 0.456 e. The van der Waals surface area contributed by atoms with Crippen LogP contribution < -0.4 is 5.32 Å². The highest BCUT2D eigenvalue weighted by atomic mass is 31.2. The van der Waals surface area contributed by atoms with Crippen LogP contribution in [0.1, 0.15) is 310 Å². The molecule has 0 aliphatic rings. The summed E-state index contributed by atoms with van der Waals surface area (Å²) in [5.41, 5.74) is 0. The molecule has 0 bridgehead atoms. The first-order valence-corrected chi connectivity index (χ1v) is 35.3. The third kappa shape index (κ3) is 60.1. The van der Waals surface area contributed by atoms with Gasteiger partial charge in [0.2, 0.25) is 5.91 Å². The summed E-state index contributed by atoms with van der Waals surface area (Å²) in [6, 6.07) is -0.849. The number of amides is 1. The van der Waals surface area contributed by atoms with Gasteiger partial charge in [-0.2, -0.15) is 0 Å². The molecule has 0 fully saturated rings. The van der Waals surface area contributed by atoms with Crippen LogP contribution in [0.2, 0.25) is 0 Å².